The molecular formula is C22H25N3O4. The Kier molecular flexibility index (Phi) is 7.24. The van der Waals surface area contributed by atoms with Crippen LogP contribution in [0.4, 0.5) is 11.4 Å². The number of carbonyl (C=O) groups is 2. The highest BCUT2D eigenvalue weighted by atomic mass is 16.5. The summed E-state index contributed by atoms with van der Waals surface area (Å²) in [5, 5.41) is 5.88. The summed E-state index contributed by atoms with van der Waals surface area (Å²) in [5.74, 6) is 0.432. The Morgan fingerprint density at radius 2 is 1.86 bits per heavy atom. The monoisotopic (exact) mass is 395 g/mol. The van der Waals surface area contributed by atoms with Crippen LogP contribution in [-0.2, 0) is 9.53 Å². The molecule has 0 atom stereocenters. The summed E-state index contributed by atoms with van der Waals surface area (Å²) in [4.78, 5) is 26.6. The van der Waals surface area contributed by atoms with E-state index in [4.69, 9.17) is 9.47 Å². The Morgan fingerprint density at radius 1 is 1.10 bits per heavy atom. The van der Waals surface area contributed by atoms with E-state index in [1.807, 2.05) is 24.3 Å². The van der Waals surface area contributed by atoms with Gasteiger partial charge in [0.25, 0.3) is 5.91 Å². The zero-order valence-corrected chi connectivity index (χ0v) is 16.2. The van der Waals surface area contributed by atoms with E-state index in [2.05, 4.69) is 17.2 Å². The summed E-state index contributed by atoms with van der Waals surface area (Å²) in [6.45, 7) is 6.38. The average Bonchev–Trinajstić information content (AvgIpc) is 2.77. The van der Waals surface area contributed by atoms with Crippen molar-refractivity contribution in [2.75, 3.05) is 50.1 Å². The number of rotatable bonds is 8. The second kappa shape index (κ2) is 10.3. The van der Waals surface area contributed by atoms with Crippen molar-refractivity contribution >= 4 is 23.2 Å². The van der Waals surface area contributed by atoms with Crippen LogP contribution in [0.2, 0.25) is 0 Å². The first-order valence-electron chi connectivity index (χ1n) is 9.50. The van der Waals surface area contributed by atoms with E-state index < -0.39 is 0 Å². The van der Waals surface area contributed by atoms with Gasteiger partial charge in [0, 0.05) is 36.1 Å². The topological polar surface area (TPSA) is 79.9 Å². The minimum atomic E-state index is -0.210. The Bertz CT molecular complexity index is 863. The van der Waals surface area contributed by atoms with Crippen molar-refractivity contribution < 1.29 is 19.1 Å². The van der Waals surface area contributed by atoms with E-state index in [1.165, 1.54) is 0 Å². The number of amides is 2. The maximum Gasteiger partial charge on any atom is 0.254 e. The van der Waals surface area contributed by atoms with Crippen molar-refractivity contribution in [1.29, 1.82) is 0 Å². The highest BCUT2D eigenvalue weighted by Gasteiger charge is 2.18. The van der Waals surface area contributed by atoms with E-state index in [0.717, 1.165) is 5.69 Å². The van der Waals surface area contributed by atoms with Gasteiger partial charge in [-0.05, 0) is 30.3 Å². The van der Waals surface area contributed by atoms with Crippen LogP contribution in [0.3, 0.4) is 0 Å². The summed E-state index contributed by atoms with van der Waals surface area (Å²) < 4.78 is 10.8. The van der Waals surface area contributed by atoms with Gasteiger partial charge in [-0.1, -0.05) is 24.8 Å². The second-order valence-electron chi connectivity index (χ2n) is 6.51. The van der Waals surface area contributed by atoms with Crippen molar-refractivity contribution in [1.82, 2.24) is 4.90 Å². The molecule has 7 heteroatoms. The highest BCUT2D eigenvalue weighted by molar-refractivity contribution is 5.98. The molecule has 0 bridgehead atoms. The number of hydrogen-bond acceptors (Lipinski definition) is 5. The molecule has 2 aromatic rings. The molecule has 1 fully saturated rings. The first-order chi connectivity index (χ1) is 14.2. The van der Waals surface area contributed by atoms with Gasteiger partial charge in [-0.25, -0.2) is 0 Å². The van der Waals surface area contributed by atoms with Crippen molar-refractivity contribution in [3.05, 3.63) is 66.7 Å². The van der Waals surface area contributed by atoms with Crippen LogP contribution in [0.5, 0.6) is 5.75 Å². The molecular weight excluding hydrogens is 370 g/mol. The van der Waals surface area contributed by atoms with E-state index in [-0.39, 0.29) is 18.4 Å². The largest absolute Gasteiger partial charge is 0.489 e. The molecule has 0 spiro atoms. The molecule has 29 heavy (non-hydrogen) atoms. The molecule has 0 unspecified atom stereocenters. The normalized spacial score (nSPS) is 13.4. The van der Waals surface area contributed by atoms with Gasteiger partial charge in [0.1, 0.15) is 12.4 Å². The number of ether oxygens (including phenoxy) is 2. The van der Waals surface area contributed by atoms with Crippen molar-refractivity contribution in [2.45, 2.75) is 0 Å². The number of carbonyl (C=O) groups excluding carboxylic acids is 2. The first kappa shape index (κ1) is 20.4. The Balaban J connectivity index is 1.54. The lowest BCUT2D eigenvalue weighted by Gasteiger charge is -2.27. The summed E-state index contributed by atoms with van der Waals surface area (Å²) in [5.41, 5.74) is 1.90. The van der Waals surface area contributed by atoms with Gasteiger partial charge in [0.05, 0.1) is 19.8 Å². The van der Waals surface area contributed by atoms with Gasteiger partial charge in [-0.2, -0.15) is 0 Å². The van der Waals surface area contributed by atoms with E-state index in [0.29, 0.717) is 49.9 Å². The fraction of sp³-hybridized carbons (Fsp3) is 0.273. The number of morpholine rings is 1. The lowest BCUT2D eigenvalue weighted by Crippen LogP contribution is -2.40. The molecule has 2 aromatic carbocycles. The van der Waals surface area contributed by atoms with Crippen LogP contribution < -0.4 is 15.4 Å². The summed E-state index contributed by atoms with van der Waals surface area (Å²) in [6.07, 6.45) is 1.67. The molecule has 152 valence electrons. The van der Waals surface area contributed by atoms with Gasteiger partial charge in [0.15, 0.2) is 0 Å². The summed E-state index contributed by atoms with van der Waals surface area (Å²) in [7, 11) is 0. The molecule has 0 aromatic heterocycles. The molecule has 0 aliphatic carbocycles. The van der Waals surface area contributed by atoms with Crippen molar-refractivity contribution in [3.8, 4) is 5.75 Å². The third-order valence-electron chi connectivity index (χ3n) is 4.35. The Morgan fingerprint density at radius 3 is 2.66 bits per heavy atom. The fourth-order valence-electron chi connectivity index (χ4n) is 2.92. The Hall–Kier alpha value is -3.32. The molecule has 1 aliphatic rings. The minimum absolute atomic E-state index is 0.0566. The molecule has 2 amide bonds. The first-order valence-corrected chi connectivity index (χ1v) is 9.50. The molecule has 1 saturated heterocycles. The molecule has 1 aliphatic heterocycles. The van der Waals surface area contributed by atoms with Crippen LogP contribution >= 0.6 is 0 Å². The standard InChI is InChI=1S/C22H25N3O4/c1-2-11-29-20-8-4-6-18(15-20)23-16-21(26)24-19-7-3-5-17(14-19)22(27)25-9-12-28-13-10-25/h2-8,14-15,23H,1,9-13,16H2,(H,24,26). The summed E-state index contributed by atoms with van der Waals surface area (Å²) in [6, 6.07) is 14.3. The third kappa shape index (κ3) is 6.08. The predicted octanol–water partition coefficient (Wildman–Crippen LogP) is 2.77. The second-order valence-corrected chi connectivity index (χ2v) is 6.51. The van der Waals surface area contributed by atoms with Crippen LogP contribution in [0, 0.1) is 0 Å². The Labute approximate surface area is 170 Å². The summed E-state index contributed by atoms with van der Waals surface area (Å²) >= 11 is 0. The number of hydrogen-bond donors (Lipinski definition) is 2. The third-order valence-corrected chi connectivity index (χ3v) is 4.35. The zero-order valence-electron chi connectivity index (χ0n) is 16.2. The van der Waals surface area contributed by atoms with Gasteiger partial charge >= 0.3 is 0 Å². The number of nitrogens with one attached hydrogen (secondary N) is 2. The molecule has 1 heterocycles. The molecule has 2 N–H and O–H groups in total. The smallest absolute Gasteiger partial charge is 0.254 e. The molecule has 0 radical (unpaired) electrons. The van der Waals surface area contributed by atoms with E-state index in [9.17, 15) is 9.59 Å². The van der Waals surface area contributed by atoms with Crippen molar-refractivity contribution in [3.63, 3.8) is 0 Å². The minimum Gasteiger partial charge on any atom is -0.489 e. The van der Waals surface area contributed by atoms with E-state index in [1.54, 1.807) is 35.2 Å². The van der Waals surface area contributed by atoms with Gasteiger partial charge in [0.2, 0.25) is 5.91 Å². The van der Waals surface area contributed by atoms with Crippen molar-refractivity contribution in [2.24, 2.45) is 0 Å². The maximum atomic E-state index is 12.6. The fourth-order valence-corrected chi connectivity index (χ4v) is 2.92. The molecule has 3 rings (SSSR count). The maximum absolute atomic E-state index is 12.6. The number of anilines is 2. The van der Waals surface area contributed by atoms with E-state index >= 15 is 0 Å². The highest BCUT2D eigenvalue weighted by Crippen LogP contribution is 2.17. The number of benzene rings is 2. The molecule has 0 saturated carbocycles. The average molecular weight is 395 g/mol. The van der Waals surface area contributed by atoms with Crippen LogP contribution in [0.1, 0.15) is 10.4 Å². The predicted molar refractivity (Wildman–Crippen MR) is 112 cm³/mol. The van der Waals surface area contributed by atoms with Gasteiger partial charge in [-0.3, -0.25) is 9.59 Å². The molecule has 7 nitrogen and oxygen atoms in total. The SMILES string of the molecule is C=CCOc1cccc(NCC(=O)Nc2cccc(C(=O)N3CCOCC3)c2)c1. The van der Waals surface area contributed by atoms with Crippen LogP contribution in [0.25, 0.3) is 0 Å². The van der Waals surface area contributed by atoms with Gasteiger partial charge < -0.3 is 25.0 Å². The number of nitrogens with zero attached hydrogens (tertiary/aromatic N) is 1. The quantitative estimate of drug-likeness (QED) is 0.672. The lowest BCUT2D eigenvalue weighted by molar-refractivity contribution is -0.114. The zero-order chi connectivity index (χ0) is 20.5. The van der Waals surface area contributed by atoms with Crippen LogP contribution in [-0.4, -0.2) is 56.2 Å². The van der Waals surface area contributed by atoms with Crippen LogP contribution in [0.15, 0.2) is 61.2 Å². The van der Waals surface area contributed by atoms with Gasteiger partial charge in [-0.15, -0.1) is 0 Å². The lowest BCUT2D eigenvalue weighted by atomic mass is 10.1.